The third-order valence-electron chi connectivity index (χ3n) is 1.94. The van der Waals surface area contributed by atoms with Crippen LogP contribution in [0.1, 0.15) is 18.2 Å². The van der Waals surface area contributed by atoms with Gasteiger partial charge in [0.05, 0.1) is 18.5 Å². The molecule has 1 aliphatic heterocycles. The van der Waals surface area contributed by atoms with Crippen molar-refractivity contribution in [3.05, 3.63) is 36.1 Å². The monoisotopic (exact) mass is 177 g/mol. The minimum Gasteiger partial charge on any atom is -0.496 e. The van der Waals surface area contributed by atoms with E-state index in [2.05, 4.69) is 9.97 Å². The van der Waals surface area contributed by atoms with E-state index >= 15 is 0 Å². The predicted octanol–water partition coefficient (Wildman–Crippen LogP) is 0.781. The van der Waals surface area contributed by atoms with Crippen molar-refractivity contribution in [1.82, 2.24) is 9.97 Å². The van der Waals surface area contributed by atoms with Crippen LogP contribution in [0, 0.1) is 0 Å². The molecule has 0 amide bonds. The van der Waals surface area contributed by atoms with Crippen LogP contribution in [0.15, 0.2) is 30.4 Å². The lowest BCUT2D eigenvalue weighted by molar-refractivity contribution is 0.224. The van der Waals surface area contributed by atoms with Crippen LogP contribution in [-0.4, -0.2) is 16.6 Å². The van der Waals surface area contributed by atoms with Crippen LogP contribution in [0.5, 0.6) is 0 Å². The molecular formula is C9H11N3O. The van der Waals surface area contributed by atoms with Gasteiger partial charge in [0.15, 0.2) is 0 Å². The molecule has 0 spiro atoms. The molecule has 1 atom stereocenters. The average Bonchev–Trinajstić information content (AvgIpc) is 2.71. The largest absolute Gasteiger partial charge is 0.496 e. The normalized spacial score (nSPS) is 17.8. The lowest BCUT2D eigenvalue weighted by Crippen LogP contribution is -2.15. The Kier molecular flexibility index (Phi) is 2.23. The molecule has 2 N–H and O–H groups in total. The van der Waals surface area contributed by atoms with Crippen LogP contribution in [0.2, 0.25) is 0 Å². The van der Waals surface area contributed by atoms with E-state index in [1.54, 1.807) is 18.6 Å². The predicted molar refractivity (Wildman–Crippen MR) is 47.6 cm³/mol. The Morgan fingerprint density at radius 3 is 3.00 bits per heavy atom. The summed E-state index contributed by atoms with van der Waals surface area (Å²) in [6.45, 7) is 0.725. The Labute approximate surface area is 76.5 Å². The van der Waals surface area contributed by atoms with E-state index in [0.29, 0.717) is 0 Å². The highest BCUT2D eigenvalue weighted by Crippen LogP contribution is 2.21. The first-order valence-corrected chi connectivity index (χ1v) is 4.22. The van der Waals surface area contributed by atoms with E-state index in [-0.39, 0.29) is 6.04 Å². The minimum atomic E-state index is -0.267. The van der Waals surface area contributed by atoms with Crippen LogP contribution < -0.4 is 5.73 Å². The Hall–Kier alpha value is -1.42. The quantitative estimate of drug-likeness (QED) is 0.725. The molecule has 4 nitrogen and oxygen atoms in total. The molecular weight excluding hydrogens is 166 g/mol. The standard InChI is InChI=1S/C9H11N3O/c10-9(8-2-1-5-13-8)7-6-11-3-4-12-7/h2-4,6,9H,1,5,10H2. The van der Waals surface area contributed by atoms with Crippen molar-refractivity contribution in [3.63, 3.8) is 0 Å². The van der Waals surface area contributed by atoms with E-state index in [0.717, 1.165) is 24.5 Å². The van der Waals surface area contributed by atoms with E-state index in [4.69, 9.17) is 10.5 Å². The van der Waals surface area contributed by atoms with Crippen molar-refractivity contribution >= 4 is 0 Å². The van der Waals surface area contributed by atoms with Gasteiger partial charge in [-0.1, -0.05) is 0 Å². The molecule has 0 radical (unpaired) electrons. The highest BCUT2D eigenvalue weighted by atomic mass is 16.5. The summed E-state index contributed by atoms with van der Waals surface area (Å²) in [6, 6.07) is -0.267. The fourth-order valence-electron chi connectivity index (χ4n) is 1.27. The maximum atomic E-state index is 5.90. The van der Waals surface area contributed by atoms with E-state index < -0.39 is 0 Å². The molecule has 0 bridgehead atoms. The molecule has 0 saturated heterocycles. The van der Waals surface area contributed by atoms with E-state index in [9.17, 15) is 0 Å². The van der Waals surface area contributed by atoms with Crippen LogP contribution in [0.3, 0.4) is 0 Å². The van der Waals surface area contributed by atoms with Crippen LogP contribution in [0.4, 0.5) is 0 Å². The van der Waals surface area contributed by atoms with Gasteiger partial charge >= 0.3 is 0 Å². The zero-order chi connectivity index (χ0) is 9.10. The molecule has 0 aromatic carbocycles. The van der Waals surface area contributed by atoms with Crippen LogP contribution >= 0.6 is 0 Å². The number of nitrogens with zero attached hydrogens (tertiary/aromatic N) is 2. The molecule has 1 unspecified atom stereocenters. The molecule has 0 aliphatic carbocycles. The number of hydrogen-bond acceptors (Lipinski definition) is 4. The van der Waals surface area contributed by atoms with Crippen molar-refractivity contribution < 1.29 is 4.74 Å². The van der Waals surface area contributed by atoms with Gasteiger partial charge in [0.25, 0.3) is 0 Å². The molecule has 1 aliphatic rings. The molecule has 2 rings (SSSR count). The van der Waals surface area contributed by atoms with Gasteiger partial charge in [-0.25, -0.2) is 0 Å². The lowest BCUT2D eigenvalue weighted by atomic mass is 10.2. The molecule has 1 aromatic rings. The summed E-state index contributed by atoms with van der Waals surface area (Å²) in [5.41, 5.74) is 6.65. The molecule has 2 heterocycles. The maximum absolute atomic E-state index is 5.90. The summed E-state index contributed by atoms with van der Waals surface area (Å²) in [6.07, 6.45) is 7.85. The second kappa shape index (κ2) is 3.53. The summed E-state index contributed by atoms with van der Waals surface area (Å²) < 4.78 is 5.34. The van der Waals surface area contributed by atoms with Gasteiger partial charge in [-0.05, 0) is 6.08 Å². The Balaban J connectivity index is 2.17. The fraction of sp³-hybridized carbons (Fsp3) is 0.333. The van der Waals surface area contributed by atoms with Gasteiger partial charge in [0.1, 0.15) is 11.8 Å². The summed E-state index contributed by atoms with van der Waals surface area (Å²) in [5.74, 6) is 0.806. The van der Waals surface area contributed by atoms with Crippen molar-refractivity contribution in [2.24, 2.45) is 5.73 Å². The number of hydrogen-bond donors (Lipinski definition) is 1. The minimum absolute atomic E-state index is 0.267. The topological polar surface area (TPSA) is 61.0 Å². The molecule has 68 valence electrons. The molecule has 13 heavy (non-hydrogen) atoms. The first-order valence-electron chi connectivity index (χ1n) is 4.22. The van der Waals surface area contributed by atoms with Crippen LogP contribution in [-0.2, 0) is 4.74 Å². The van der Waals surface area contributed by atoms with Crippen molar-refractivity contribution in [2.75, 3.05) is 6.61 Å². The first-order chi connectivity index (χ1) is 6.38. The third-order valence-corrected chi connectivity index (χ3v) is 1.94. The Morgan fingerprint density at radius 1 is 1.46 bits per heavy atom. The SMILES string of the molecule is NC(C1=CCCO1)c1cnccn1. The molecule has 0 fully saturated rings. The van der Waals surface area contributed by atoms with Crippen molar-refractivity contribution in [3.8, 4) is 0 Å². The highest BCUT2D eigenvalue weighted by Gasteiger charge is 2.17. The fourth-order valence-corrected chi connectivity index (χ4v) is 1.27. The van der Waals surface area contributed by atoms with E-state index in [1.165, 1.54) is 0 Å². The molecule has 4 heteroatoms. The van der Waals surface area contributed by atoms with Crippen LogP contribution in [0.25, 0.3) is 0 Å². The Morgan fingerprint density at radius 2 is 2.38 bits per heavy atom. The number of rotatable bonds is 2. The molecule has 0 saturated carbocycles. The van der Waals surface area contributed by atoms with Gasteiger partial charge in [-0.2, -0.15) is 0 Å². The summed E-state index contributed by atoms with van der Waals surface area (Å²) >= 11 is 0. The third kappa shape index (κ3) is 1.67. The number of ether oxygens (including phenoxy) is 1. The smallest absolute Gasteiger partial charge is 0.115 e. The second-order valence-electron chi connectivity index (χ2n) is 2.85. The van der Waals surface area contributed by atoms with Gasteiger partial charge in [-0.3, -0.25) is 9.97 Å². The lowest BCUT2D eigenvalue weighted by Gasteiger charge is -2.11. The summed E-state index contributed by atoms with van der Waals surface area (Å²) in [7, 11) is 0. The zero-order valence-electron chi connectivity index (χ0n) is 7.18. The molecule has 1 aromatic heterocycles. The van der Waals surface area contributed by atoms with Gasteiger partial charge in [0, 0.05) is 18.8 Å². The van der Waals surface area contributed by atoms with Gasteiger partial charge < -0.3 is 10.5 Å². The zero-order valence-corrected chi connectivity index (χ0v) is 7.18. The maximum Gasteiger partial charge on any atom is 0.115 e. The highest BCUT2D eigenvalue weighted by molar-refractivity contribution is 5.16. The number of nitrogens with two attached hydrogens (primary N) is 1. The van der Waals surface area contributed by atoms with Crippen molar-refractivity contribution in [1.29, 1.82) is 0 Å². The second-order valence-corrected chi connectivity index (χ2v) is 2.85. The van der Waals surface area contributed by atoms with Crippen molar-refractivity contribution in [2.45, 2.75) is 12.5 Å². The Bertz CT molecular complexity index is 310. The van der Waals surface area contributed by atoms with E-state index in [1.807, 2.05) is 6.08 Å². The van der Waals surface area contributed by atoms with Gasteiger partial charge in [0.2, 0.25) is 0 Å². The average molecular weight is 177 g/mol. The summed E-state index contributed by atoms with van der Waals surface area (Å²) in [5, 5.41) is 0. The first kappa shape index (κ1) is 8.19. The van der Waals surface area contributed by atoms with Gasteiger partial charge in [-0.15, -0.1) is 0 Å². The number of aromatic nitrogens is 2. The summed E-state index contributed by atoms with van der Waals surface area (Å²) in [4.78, 5) is 8.07.